The molecular formula is C20H18F3N3O2S. The molecule has 1 aliphatic rings. The molecule has 2 aromatic rings. The van der Waals surface area contributed by atoms with Crippen LogP contribution in [0.15, 0.2) is 47.5 Å². The van der Waals surface area contributed by atoms with Crippen molar-refractivity contribution < 1.29 is 22.8 Å². The Hall–Kier alpha value is -2.81. The Morgan fingerprint density at radius 2 is 1.93 bits per heavy atom. The Morgan fingerprint density at radius 3 is 2.66 bits per heavy atom. The number of alkyl halides is 3. The van der Waals surface area contributed by atoms with Crippen molar-refractivity contribution in [3.8, 4) is 0 Å². The van der Waals surface area contributed by atoms with Gasteiger partial charge in [0.05, 0.1) is 11.3 Å². The average molecular weight is 421 g/mol. The van der Waals surface area contributed by atoms with E-state index in [0.717, 1.165) is 29.0 Å². The fourth-order valence-electron chi connectivity index (χ4n) is 2.75. The predicted octanol–water partition coefficient (Wildman–Crippen LogP) is 4.57. The summed E-state index contributed by atoms with van der Waals surface area (Å²) in [4.78, 5) is 28.4. The van der Waals surface area contributed by atoms with E-state index in [2.05, 4.69) is 15.6 Å². The highest BCUT2D eigenvalue weighted by molar-refractivity contribution is 8.15. The molecule has 1 saturated heterocycles. The lowest BCUT2D eigenvalue weighted by atomic mass is 10.1. The summed E-state index contributed by atoms with van der Waals surface area (Å²) in [6, 6.07) is 10.5. The Bertz CT molecular complexity index is 989. The third-order valence-corrected chi connectivity index (χ3v) is 5.33. The summed E-state index contributed by atoms with van der Waals surface area (Å²) in [6.45, 7) is 3.76. The number of thioether (sulfide) groups is 1. The summed E-state index contributed by atoms with van der Waals surface area (Å²) < 4.78 is 39.3. The highest BCUT2D eigenvalue weighted by atomic mass is 32.2. The monoisotopic (exact) mass is 421 g/mol. The fraction of sp³-hybridized carbons (Fsp3) is 0.250. The van der Waals surface area contributed by atoms with Crippen LogP contribution in [0.3, 0.4) is 0 Å². The second kappa shape index (κ2) is 8.28. The largest absolute Gasteiger partial charge is 0.418 e. The van der Waals surface area contributed by atoms with Crippen molar-refractivity contribution in [3.05, 3.63) is 59.2 Å². The minimum atomic E-state index is -4.56. The third kappa shape index (κ3) is 5.17. The smallest absolute Gasteiger partial charge is 0.326 e. The first-order valence-electron chi connectivity index (χ1n) is 8.73. The number of rotatable bonds is 4. The van der Waals surface area contributed by atoms with Gasteiger partial charge in [-0.2, -0.15) is 13.2 Å². The van der Waals surface area contributed by atoms with Crippen LogP contribution >= 0.6 is 11.8 Å². The maximum absolute atomic E-state index is 13.1. The second-order valence-corrected chi connectivity index (χ2v) is 7.79. The molecule has 0 saturated carbocycles. The molecular weight excluding hydrogens is 403 g/mol. The standard InChI is InChI=1S/C20H18F3N3O2S/c1-11-7-8-12(2)15(9-11)24-17(27)10-16-18(28)26-19(29-16)25-14-6-4-3-5-13(14)20(21,22)23/h3-9,16H,10H2,1-2H3,(H,24,27)(H,25,26,28). The van der Waals surface area contributed by atoms with Crippen LogP contribution < -0.4 is 10.6 Å². The number of amidine groups is 1. The van der Waals surface area contributed by atoms with Crippen LogP contribution in [-0.4, -0.2) is 22.2 Å². The summed E-state index contributed by atoms with van der Waals surface area (Å²) in [5.41, 5.74) is 1.35. The number of amides is 2. The zero-order chi connectivity index (χ0) is 21.2. The van der Waals surface area contributed by atoms with Crippen LogP contribution in [0, 0.1) is 13.8 Å². The molecule has 3 rings (SSSR count). The van der Waals surface area contributed by atoms with Gasteiger partial charge in [0.25, 0.3) is 0 Å². The number of hydrogen-bond donors (Lipinski definition) is 2. The van der Waals surface area contributed by atoms with Crippen LogP contribution in [0.25, 0.3) is 0 Å². The van der Waals surface area contributed by atoms with Gasteiger partial charge in [0.15, 0.2) is 5.17 Å². The third-order valence-electron chi connectivity index (χ3n) is 4.25. The molecule has 1 unspecified atom stereocenters. The van der Waals surface area contributed by atoms with Crippen molar-refractivity contribution in [2.75, 3.05) is 5.32 Å². The lowest BCUT2D eigenvalue weighted by Crippen LogP contribution is -2.28. The van der Waals surface area contributed by atoms with Crippen molar-refractivity contribution in [1.82, 2.24) is 5.32 Å². The van der Waals surface area contributed by atoms with E-state index in [1.54, 1.807) is 0 Å². The van der Waals surface area contributed by atoms with E-state index in [9.17, 15) is 22.8 Å². The number of nitrogens with one attached hydrogen (secondary N) is 2. The van der Waals surface area contributed by atoms with Gasteiger partial charge in [-0.3, -0.25) is 9.59 Å². The quantitative estimate of drug-likeness (QED) is 0.760. The van der Waals surface area contributed by atoms with Gasteiger partial charge < -0.3 is 10.6 Å². The number of benzene rings is 2. The first-order valence-corrected chi connectivity index (χ1v) is 9.61. The van der Waals surface area contributed by atoms with Crippen LogP contribution in [0.2, 0.25) is 0 Å². The molecule has 0 spiro atoms. The number of halogens is 3. The van der Waals surface area contributed by atoms with E-state index in [1.807, 2.05) is 32.0 Å². The van der Waals surface area contributed by atoms with Crippen LogP contribution in [-0.2, 0) is 15.8 Å². The first kappa shape index (κ1) is 20.9. The zero-order valence-corrected chi connectivity index (χ0v) is 16.4. The number of aryl methyl sites for hydroxylation is 2. The zero-order valence-electron chi connectivity index (χ0n) is 15.6. The maximum Gasteiger partial charge on any atom is 0.418 e. The van der Waals surface area contributed by atoms with Crippen molar-refractivity contribution in [1.29, 1.82) is 0 Å². The van der Waals surface area contributed by atoms with Gasteiger partial charge in [0.2, 0.25) is 11.8 Å². The number of hydrogen-bond acceptors (Lipinski definition) is 4. The molecule has 1 aliphatic heterocycles. The number of carbonyl (C=O) groups excluding carboxylic acids is 2. The number of carbonyl (C=O) groups is 2. The number of aliphatic imine (C=N–C) groups is 1. The fourth-order valence-corrected chi connectivity index (χ4v) is 3.73. The summed E-state index contributed by atoms with van der Waals surface area (Å²) in [7, 11) is 0. The summed E-state index contributed by atoms with van der Waals surface area (Å²) >= 11 is 0.940. The molecule has 1 fully saturated rings. The lowest BCUT2D eigenvalue weighted by molar-refractivity contribution is -0.137. The van der Waals surface area contributed by atoms with Crippen molar-refractivity contribution in [3.63, 3.8) is 0 Å². The summed E-state index contributed by atoms with van der Waals surface area (Å²) in [5, 5.41) is 4.49. The van der Waals surface area contributed by atoms with Gasteiger partial charge in [-0.25, -0.2) is 4.99 Å². The van der Waals surface area contributed by atoms with Gasteiger partial charge in [0.1, 0.15) is 5.25 Å². The normalized spacial score (nSPS) is 18.0. The van der Waals surface area contributed by atoms with E-state index < -0.39 is 22.9 Å². The van der Waals surface area contributed by atoms with Crippen LogP contribution in [0.4, 0.5) is 24.5 Å². The highest BCUT2D eigenvalue weighted by Crippen LogP contribution is 2.37. The number of para-hydroxylation sites is 1. The van der Waals surface area contributed by atoms with E-state index in [1.165, 1.54) is 18.2 Å². The molecule has 0 radical (unpaired) electrons. The molecule has 5 nitrogen and oxygen atoms in total. The molecule has 152 valence electrons. The molecule has 1 atom stereocenters. The van der Waals surface area contributed by atoms with Gasteiger partial charge in [-0.15, -0.1) is 0 Å². The molecule has 2 aromatic carbocycles. The highest BCUT2D eigenvalue weighted by Gasteiger charge is 2.35. The Morgan fingerprint density at radius 1 is 1.21 bits per heavy atom. The van der Waals surface area contributed by atoms with Crippen LogP contribution in [0.5, 0.6) is 0 Å². The molecule has 0 aromatic heterocycles. The van der Waals surface area contributed by atoms with Crippen molar-refractivity contribution >= 4 is 40.1 Å². The van der Waals surface area contributed by atoms with Gasteiger partial charge in [0, 0.05) is 12.1 Å². The Balaban J connectivity index is 1.70. The maximum atomic E-state index is 13.1. The minimum Gasteiger partial charge on any atom is -0.326 e. The van der Waals surface area contributed by atoms with E-state index >= 15 is 0 Å². The van der Waals surface area contributed by atoms with Gasteiger partial charge in [-0.05, 0) is 43.2 Å². The predicted molar refractivity (Wildman–Crippen MR) is 107 cm³/mol. The van der Waals surface area contributed by atoms with Gasteiger partial charge in [-0.1, -0.05) is 36.0 Å². The molecule has 0 bridgehead atoms. The topological polar surface area (TPSA) is 70.6 Å². The molecule has 0 aliphatic carbocycles. The minimum absolute atomic E-state index is 0.0382. The molecule has 2 amide bonds. The lowest BCUT2D eigenvalue weighted by Gasteiger charge is -2.10. The van der Waals surface area contributed by atoms with Crippen molar-refractivity contribution in [2.24, 2.45) is 4.99 Å². The van der Waals surface area contributed by atoms with E-state index in [4.69, 9.17) is 0 Å². The Kier molecular flexibility index (Phi) is 5.97. The van der Waals surface area contributed by atoms with E-state index in [0.29, 0.717) is 5.69 Å². The number of anilines is 1. The first-order chi connectivity index (χ1) is 13.6. The number of nitrogens with zero attached hydrogens (tertiary/aromatic N) is 1. The summed E-state index contributed by atoms with van der Waals surface area (Å²) in [5.74, 6) is -0.822. The SMILES string of the molecule is Cc1ccc(C)c(NC(=O)CC2SC(=Nc3ccccc3C(F)(F)F)NC2=O)c1. The van der Waals surface area contributed by atoms with Crippen molar-refractivity contribution in [2.45, 2.75) is 31.7 Å². The van der Waals surface area contributed by atoms with E-state index in [-0.39, 0.29) is 23.2 Å². The molecule has 29 heavy (non-hydrogen) atoms. The van der Waals surface area contributed by atoms with Gasteiger partial charge >= 0.3 is 6.18 Å². The average Bonchev–Trinajstić information content (AvgIpc) is 2.96. The summed E-state index contributed by atoms with van der Waals surface area (Å²) in [6.07, 6.45) is -4.68. The second-order valence-electron chi connectivity index (χ2n) is 6.60. The molecule has 2 N–H and O–H groups in total. The van der Waals surface area contributed by atoms with Crippen LogP contribution in [0.1, 0.15) is 23.1 Å². The molecule has 9 heteroatoms. The Labute approximate surface area is 169 Å². The molecule has 1 heterocycles.